The van der Waals surface area contributed by atoms with E-state index in [4.69, 9.17) is 11.6 Å². The maximum absolute atomic E-state index is 12.1. The van der Waals surface area contributed by atoms with Crippen molar-refractivity contribution in [3.8, 4) is 5.69 Å². The lowest BCUT2D eigenvalue weighted by atomic mass is 10.3. The molecule has 3 aromatic rings. The van der Waals surface area contributed by atoms with Gasteiger partial charge in [-0.3, -0.25) is 19.7 Å². The maximum Gasteiger partial charge on any atom is 0.332 e. The molecule has 0 atom stereocenters. The standard InChI is InChI=1S/C12H8ClN5O3/c1-6-14-10(13)9-11(15-6)16-12(19)17(9)7-3-2-4-8(5-7)18(20)21/h2-5H,1H3,(H,14,15,16,19). The van der Waals surface area contributed by atoms with Crippen LogP contribution in [0.3, 0.4) is 0 Å². The van der Waals surface area contributed by atoms with Crippen LogP contribution in [0.1, 0.15) is 5.82 Å². The fraction of sp³-hybridized carbons (Fsp3) is 0.0833. The molecule has 1 N–H and O–H groups in total. The zero-order valence-electron chi connectivity index (χ0n) is 10.7. The minimum atomic E-state index is -0.536. The van der Waals surface area contributed by atoms with Crippen LogP contribution in [0.25, 0.3) is 16.9 Å². The molecular formula is C12H8ClN5O3. The van der Waals surface area contributed by atoms with Crippen molar-refractivity contribution in [3.63, 3.8) is 0 Å². The summed E-state index contributed by atoms with van der Waals surface area (Å²) in [5, 5.41) is 10.9. The first kappa shape index (κ1) is 13.3. The van der Waals surface area contributed by atoms with Crippen molar-refractivity contribution < 1.29 is 4.92 Å². The van der Waals surface area contributed by atoms with Crippen LogP contribution >= 0.6 is 11.6 Å². The first-order valence-corrected chi connectivity index (χ1v) is 6.25. The molecule has 0 radical (unpaired) electrons. The molecular weight excluding hydrogens is 298 g/mol. The van der Waals surface area contributed by atoms with Crippen LogP contribution in [0, 0.1) is 17.0 Å². The van der Waals surface area contributed by atoms with E-state index in [2.05, 4.69) is 15.0 Å². The van der Waals surface area contributed by atoms with Gasteiger partial charge in [0.1, 0.15) is 11.3 Å². The highest BCUT2D eigenvalue weighted by Gasteiger charge is 2.16. The van der Waals surface area contributed by atoms with Gasteiger partial charge in [0, 0.05) is 12.1 Å². The highest BCUT2D eigenvalue weighted by Crippen LogP contribution is 2.23. The number of nitro groups is 1. The minimum Gasteiger partial charge on any atom is -0.290 e. The summed E-state index contributed by atoms with van der Waals surface area (Å²) in [5.74, 6) is 0.417. The van der Waals surface area contributed by atoms with Gasteiger partial charge in [-0.05, 0) is 13.0 Å². The number of aromatic amines is 1. The summed E-state index contributed by atoms with van der Waals surface area (Å²) >= 11 is 6.07. The summed E-state index contributed by atoms with van der Waals surface area (Å²) in [6.45, 7) is 1.65. The average molecular weight is 306 g/mol. The summed E-state index contributed by atoms with van der Waals surface area (Å²) in [6, 6.07) is 5.68. The Balaban J connectivity index is 2.35. The number of fused-ring (bicyclic) bond motifs is 1. The van der Waals surface area contributed by atoms with Crippen LogP contribution in [-0.2, 0) is 0 Å². The van der Waals surface area contributed by atoms with Gasteiger partial charge in [0.25, 0.3) is 5.69 Å². The SMILES string of the molecule is Cc1nc(Cl)c2c(n1)[nH]c(=O)n2-c1cccc([N+](=O)[O-])c1. The smallest absolute Gasteiger partial charge is 0.290 e. The molecule has 0 spiro atoms. The number of rotatable bonds is 2. The van der Waals surface area contributed by atoms with Crippen LogP contribution in [-0.4, -0.2) is 24.4 Å². The molecule has 2 aromatic heterocycles. The Morgan fingerprint density at radius 1 is 1.38 bits per heavy atom. The number of hydrogen-bond acceptors (Lipinski definition) is 5. The highest BCUT2D eigenvalue weighted by atomic mass is 35.5. The summed E-state index contributed by atoms with van der Waals surface area (Å²) < 4.78 is 1.21. The van der Waals surface area contributed by atoms with E-state index >= 15 is 0 Å². The number of nitrogens with one attached hydrogen (secondary N) is 1. The number of imidazole rings is 1. The first-order valence-electron chi connectivity index (χ1n) is 5.87. The van der Waals surface area contributed by atoms with Crippen LogP contribution in [0.2, 0.25) is 5.15 Å². The monoisotopic (exact) mass is 305 g/mol. The van der Waals surface area contributed by atoms with Crippen molar-refractivity contribution >= 4 is 28.5 Å². The third-order valence-electron chi connectivity index (χ3n) is 2.90. The summed E-state index contributed by atoms with van der Waals surface area (Å²) in [5.41, 5.74) is 0.261. The molecule has 2 heterocycles. The van der Waals surface area contributed by atoms with Crippen LogP contribution in [0.5, 0.6) is 0 Å². The lowest BCUT2D eigenvalue weighted by molar-refractivity contribution is -0.384. The molecule has 106 valence electrons. The zero-order chi connectivity index (χ0) is 15.1. The molecule has 0 aliphatic rings. The minimum absolute atomic E-state index is 0.0994. The number of hydrogen-bond donors (Lipinski definition) is 1. The molecule has 0 bridgehead atoms. The highest BCUT2D eigenvalue weighted by molar-refractivity contribution is 6.33. The second-order valence-electron chi connectivity index (χ2n) is 4.30. The van der Waals surface area contributed by atoms with Crippen LogP contribution < -0.4 is 5.69 Å². The molecule has 8 nitrogen and oxygen atoms in total. The number of nitro benzene ring substituents is 1. The van der Waals surface area contributed by atoms with Gasteiger partial charge in [0.2, 0.25) is 0 Å². The third-order valence-corrected chi connectivity index (χ3v) is 3.17. The van der Waals surface area contributed by atoms with E-state index < -0.39 is 10.6 Å². The number of aromatic nitrogens is 4. The summed E-state index contributed by atoms with van der Waals surface area (Å²) in [7, 11) is 0. The predicted molar refractivity (Wildman–Crippen MR) is 75.9 cm³/mol. The van der Waals surface area contributed by atoms with E-state index in [0.717, 1.165) is 0 Å². The van der Waals surface area contributed by atoms with E-state index in [-0.39, 0.29) is 22.0 Å². The van der Waals surface area contributed by atoms with Gasteiger partial charge in [-0.15, -0.1) is 0 Å². The average Bonchev–Trinajstić information content (AvgIpc) is 2.75. The van der Waals surface area contributed by atoms with E-state index in [1.165, 1.54) is 22.8 Å². The van der Waals surface area contributed by atoms with E-state index in [1.54, 1.807) is 13.0 Å². The summed E-state index contributed by atoms with van der Waals surface area (Å²) in [6.07, 6.45) is 0. The molecule has 0 fully saturated rings. The molecule has 0 saturated carbocycles. The molecule has 21 heavy (non-hydrogen) atoms. The van der Waals surface area contributed by atoms with Gasteiger partial charge in [-0.2, -0.15) is 0 Å². The number of non-ortho nitro benzene ring substituents is 1. The maximum atomic E-state index is 12.1. The van der Waals surface area contributed by atoms with Gasteiger partial charge in [0.15, 0.2) is 10.8 Å². The van der Waals surface area contributed by atoms with Gasteiger partial charge in [-0.1, -0.05) is 17.7 Å². The topological polar surface area (TPSA) is 107 Å². The van der Waals surface area contributed by atoms with Gasteiger partial charge in [-0.25, -0.2) is 14.8 Å². The van der Waals surface area contributed by atoms with Crippen molar-refractivity contribution in [1.29, 1.82) is 0 Å². The number of benzene rings is 1. The molecule has 0 unspecified atom stereocenters. The molecule has 0 saturated heterocycles. The van der Waals surface area contributed by atoms with Gasteiger partial charge >= 0.3 is 5.69 Å². The quantitative estimate of drug-likeness (QED) is 0.442. The normalized spacial score (nSPS) is 11.0. The fourth-order valence-corrected chi connectivity index (χ4v) is 2.36. The number of nitrogens with zero attached hydrogens (tertiary/aromatic N) is 4. The molecule has 0 aliphatic carbocycles. The second-order valence-corrected chi connectivity index (χ2v) is 4.66. The Bertz CT molecular complexity index is 930. The Morgan fingerprint density at radius 3 is 2.86 bits per heavy atom. The molecule has 0 aliphatic heterocycles. The Labute approximate surface area is 122 Å². The van der Waals surface area contributed by atoms with Crippen LogP contribution in [0.4, 0.5) is 5.69 Å². The summed E-state index contributed by atoms with van der Waals surface area (Å²) in [4.78, 5) is 33.1. The van der Waals surface area contributed by atoms with E-state index in [9.17, 15) is 14.9 Å². The van der Waals surface area contributed by atoms with Crippen LogP contribution in [0.15, 0.2) is 29.1 Å². The number of halogens is 1. The predicted octanol–water partition coefficient (Wildman–Crippen LogP) is 1.98. The zero-order valence-corrected chi connectivity index (χ0v) is 11.5. The van der Waals surface area contributed by atoms with E-state index in [1.807, 2.05) is 0 Å². The molecule has 3 rings (SSSR count). The third kappa shape index (κ3) is 2.15. The number of H-pyrrole nitrogens is 1. The Hall–Kier alpha value is -2.74. The van der Waals surface area contributed by atoms with Gasteiger partial charge < -0.3 is 0 Å². The van der Waals surface area contributed by atoms with Crippen molar-refractivity contribution in [2.75, 3.05) is 0 Å². The second kappa shape index (κ2) is 4.67. The van der Waals surface area contributed by atoms with Crippen molar-refractivity contribution in [3.05, 3.63) is 55.8 Å². The lowest BCUT2D eigenvalue weighted by Crippen LogP contribution is -2.14. The van der Waals surface area contributed by atoms with Gasteiger partial charge in [0.05, 0.1) is 10.6 Å². The Kier molecular flexibility index (Phi) is 2.95. The Morgan fingerprint density at radius 2 is 2.14 bits per heavy atom. The first-order chi connectivity index (χ1) is 9.97. The molecule has 9 heteroatoms. The lowest BCUT2D eigenvalue weighted by Gasteiger charge is -2.04. The van der Waals surface area contributed by atoms with Crippen molar-refractivity contribution in [2.24, 2.45) is 0 Å². The molecule has 0 amide bonds. The molecule has 1 aromatic carbocycles. The largest absolute Gasteiger partial charge is 0.332 e. The fourth-order valence-electron chi connectivity index (χ4n) is 2.07. The van der Waals surface area contributed by atoms with Crippen molar-refractivity contribution in [1.82, 2.24) is 19.5 Å². The number of aryl methyl sites for hydroxylation is 1. The van der Waals surface area contributed by atoms with Crippen molar-refractivity contribution in [2.45, 2.75) is 6.92 Å². The van der Waals surface area contributed by atoms with E-state index in [0.29, 0.717) is 11.5 Å².